The van der Waals surface area contributed by atoms with Gasteiger partial charge in [-0.15, -0.1) is 11.3 Å². The first-order valence-electron chi connectivity index (χ1n) is 13.2. The van der Waals surface area contributed by atoms with Crippen molar-refractivity contribution in [2.75, 3.05) is 0 Å². The van der Waals surface area contributed by atoms with Crippen LogP contribution in [0, 0.1) is 0 Å². The number of rotatable bonds is 2. The highest BCUT2D eigenvalue weighted by atomic mass is 32.1. The van der Waals surface area contributed by atoms with Crippen LogP contribution in [0.5, 0.6) is 0 Å². The Labute approximate surface area is 227 Å². The Balaban J connectivity index is 1.46. The van der Waals surface area contributed by atoms with Crippen LogP contribution in [0.25, 0.3) is 80.7 Å². The zero-order chi connectivity index (χ0) is 25.5. The predicted molar refractivity (Wildman–Crippen MR) is 166 cm³/mol. The van der Waals surface area contributed by atoms with Crippen LogP contribution in [0.15, 0.2) is 132 Å². The van der Waals surface area contributed by atoms with Crippen LogP contribution in [-0.4, -0.2) is 4.57 Å². The van der Waals surface area contributed by atoms with Gasteiger partial charge in [-0.2, -0.15) is 0 Å². The van der Waals surface area contributed by atoms with Crippen molar-refractivity contribution in [3.05, 3.63) is 127 Å². The largest absolute Gasteiger partial charge is 0.456 e. The van der Waals surface area contributed by atoms with E-state index in [1.807, 2.05) is 17.4 Å². The molecule has 3 heteroatoms. The molecule has 182 valence electrons. The molecule has 0 unspecified atom stereocenters. The van der Waals surface area contributed by atoms with Crippen molar-refractivity contribution < 1.29 is 4.42 Å². The van der Waals surface area contributed by atoms with Gasteiger partial charge in [0.15, 0.2) is 0 Å². The van der Waals surface area contributed by atoms with E-state index in [1.165, 1.54) is 64.2 Å². The molecule has 0 atom stereocenters. The minimum atomic E-state index is 0.924. The summed E-state index contributed by atoms with van der Waals surface area (Å²) in [5, 5.41) is 7.48. The van der Waals surface area contributed by atoms with Crippen LogP contribution in [0.2, 0.25) is 0 Å². The Morgan fingerprint density at radius 2 is 1.00 bits per heavy atom. The highest BCUT2D eigenvalue weighted by molar-refractivity contribution is 7.26. The quantitative estimate of drug-likeness (QED) is 0.224. The van der Waals surface area contributed by atoms with Crippen molar-refractivity contribution in [2.45, 2.75) is 0 Å². The number of hydrogen-bond acceptors (Lipinski definition) is 2. The molecule has 9 aromatic rings. The fourth-order valence-corrected chi connectivity index (χ4v) is 7.59. The zero-order valence-electron chi connectivity index (χ0n) is 20.9. The van der Waals surface area contributed by atoms with E-state index in [4.69, 9.17) is 4.42 Å². The van der Waals surface area contributed by atoms with Gasteiger partial charge in [0.05, 0.1) is 16.7 Å². The first kappa shape index (κ1) is 21.1. The number of fused-ring (bicyclic) bond motifs is 9. The fraction of sp³-hybridized carbons (Fsp3) is 0. The van der Waals surface area contributed by atoms with E-state index in [-0.39, 0.29) is 0 Å². The lowest BCUT2D eigenvalue weighted by Crippen LogP contribution is -1.94. The van der Waals surface area contributed by atoms with Crippen molar-refractivity contribution >= 4 is 75.3 Å². The molecule has 0 saturated carbocycles. The maximum atomic E-state index is 6.27. The molecule has 2 nitrogen and oxygen atoms in total. The summed E-state index contributed by atoms with van der Waals surface area (Å²) < 4.78 is 11.3. The van der Waals surface area contributed by atoms with Crippen LogP contribution in [0.4, 0.5) is 0 Å². The molecule has 0 amide bonds. The minimum absolute atomic E-state index is 0.924. The van der Waals surface area contributed by atoms with E-state index < -0.39 is 0 Å². The standard InChI is InChI=1S/C36H21NOS/c1-4-15-27-22(10-1)23-11-2-5-16-28(23)37(27)29-17-9-21-33-36(29)35-25(14-8-20-32(35)39-33)24-13-7-19-31-34(24)26-12-3-6-18-30(26)38-31/h1-21H. The summed E-state index contributed by atoms with van der Waals surface area (Å²) in [4.78, 5) is 0. The van der Waals surface area contributed by atoms with Gasteiger partial charge < -0.3 is 8.98 Å². The highest BCUT2D eigenvalue weighted by Gasteiger charge is 2.20. The highest BCUT2D eigenvalue weighted by Crippen LogP contribution is 2.46. The topological polar surface area (TPSA) is 18.1 Å². The van der Waals surface area contributed by atoms with Gasteiger partial charge in [0, 0.05) is 41.7 Å². The Hall–Kier alpha value is -4.86. The van der Waals surface area contributed by atoms with Gasteiger partial charge >= 0.3 is 0 Å². The smallest absolute Gasteiger partial charge is 0.136 e. The van der Waals surface area contributed by atoms with Gasteiger partial charge in [-0.1, -0.05) is 84.9 Å². The number of aromatic nitrogens is 1. The van der Waals surface area contributed by atoms with Crippen molar-refractivity contribution in [1.29, 1.82) is 0 Å². The molecule has 0 fully saturated rings. The monoisotopic (exact) mass is 515 g/mol. The summed E-state index contributed by atoms with van der Waals surface area (Å²) in [6, 6.07) is 45.7. The molecule has 3 aromatic heterocycles. The van der Waals surface area contributed by atoms with Gasteiger partial charge in [0.1, 0.15) is 11.2 Å². The van der Waals surface area contributed by atoms with E-state index >= 15 is 0 Å². The molecule has 0 aliphatic carbocycles. The molecule has 3 heterocycles. The molecule has 39 heavy (non-hydrogen) atoms. The Kier molecular flexibility index (Phi) is 4.24. The second-order valence-electron chi connectivity index (χ2n) is 10.1. The molecule has 0 aliphatic heterocycles. The van der Waals surface area contributed by atoms with Crippen LogP contribution < -0.4 is 0 Å². The first-order valence-corrected chi connectivity index (χ1v) is 14.0. The Bertz CT molecular complexity index is 2350. The van der Waals surface area contributed by atoms with E-state index in [0.29, 0.717) is 0 Å². The second kappa shape index (κ2) is 7.83. The Morgan fingerprint density at radius 1 is 0.436 bits per heavy atom. The number of hydrogen-bond donors (Lipinski definition) is 0. The molecule has 0 saturated heterocycles. The van der Waals surface area contributed by atoms with Crippen LogP contribution in [0.3, 0.4) is 0 Å². The van der Waals surface area contributed by atoms with Gasteiger partial charge in [-0.05, 0) is 53.6 Å². The summed E-state index contributed by atoms with van der Waals surface area (Å²) >= 11 is 1.87. The van der Waals surface area contributed by atoms with E-state index in [9.17, 15) is 0 Å². The summed E-state index contributed by atoms with van der Waals surface area (Å²) in [6.45, 7) is 0. The SMILES string of the molecule is c1ccc2c(c1)oc1cccc(-c3cccc4sc5cccc(-n6c7ccccc7c7ccccc76)c5c34)c12. The van der Waals surface area contributed by atoms with E-state index in [0.717, 1.165) is 16.6 Å². The summed E-state index contributed by atoms with van der Waals surface area (Å²) in [5.41, 5.74) is 7.97. The number of nitrogens with zero attached hydrogens (tertiary/aromatic N) is 1. The van der Waals surface area contributed by atoms with Crippen molar-refractivity contribution in [3.63, 3.8) is 0 Å². The summed E-state index contributed by atoms with van der Waals surface area (Å²) in [6.07, 6.45) is 0. The second-order valence-corrected chi connectivity index (χ2v) is 11.2. The molecule has 0 N–H and O–H groups in total. The third-order valence-electron chi connectivity index (χ3n) is 8.01. The van der Waals surface area contributed by atoms with Crippen LogP contribution >= 0.6 is 11.3 Å². The average molecular weight is 516 g/mol. The molecule has 0 aliphatic rings. The third-order valence-corrected chi connectivity index (χ3v) is 9.13. The summed E-state index contributed by atoms with van der Waals surface area (Å²) in [7, 11) is 0. The maximum absolute atomic E-state index is 6.27. The minimum Gasteiger partial charge on any atom is -0.456 e. The Morgan fingerprint density at radius 3 is 1.77 bits per heavy atom. The molecule has 0 spiro atoms. The van der Waals surface area contributed by atoms with Gasteiger partial charge in [-0.3, -0.25) is 0 Å². The normalized spacial score (nSPS) is 12.1. The van der Waals surface area contributed by atoms with Crippen LogP contribution in [0.1, 0.15) is 0 Å². The molecular weight excluding hydrogens is 494 g/mol. The number of thiophene rings is 1. The lowest BCUT2D eigenvalue weighted by atomic mass is 9.95. The van der Waals surface area contributed by atoms with Gasteiger partial charge in [0.25, 0.3) is 0 Å². The third kappa shape index (κ3) is 2.85. The molecule has 9 rings (SSSR count). The predicted octanol–water partition coefficient (Wildman–Crippen LogP) is 10.7. The molecule has 0 bridgehead atoms. The van der Waals surface area contributed by atoms with Crippen molar-refractivity contribution in [2.24, 2.45) is 0 Å². The molecular formula is C36H21NOS. The summed E-state index contributed by atoms with van der Waals surface area (Å²) in [5.74, 6) is 0. The fourth-order valence-electron chi connectivity index (χ4n) is 6.44. The van der Waals surface area contributed by atoms with Crippen molar-refractivity contribution in [1.82, 2.24) is 4.57 Å². The van der Waals surface area contributed by atoms with Gasteiger partial charge in [-0.25, -0.2) is 0 Å². The van der Waals surface area contributed by atoms with E-state index in [2.05, 4.69) is 126 Å². The number of benzene rings is 6. The molecule has 6 aromatic carbocycles. The van der Waals surface area contributed by atoms with Crippen molar-refractivity contribution in [3.8, 4) is 16.8 Å². The lowest BCUT2D eigenvalue weighted by Gasteiger charge is -2.12. The number of para-hydroxylation sites is 3. The van der Waals surface area contributed by atoms with Gasteiger partial charge in [0.2, 0.25) is 0 Å². The zero-order valence-corrected chi connectivity index (χ0v) is 21.7. The van der Waals surface area contributed by atoms with E-state index in [1.54, 1.807) is 0 Å². The van der Waals surface area contributed by atoms with Crippen LogP contribution in [-0.2, 0) is 0 Å². The number of furan rings is 1. The maximum Gasteiger partial charge on any atom is 0.136 e. The molecule has 0 radical (unpaired) electrons. The first-order chi connectivity index (χ1) is 19.4. The lowest BCUT2D eigenvalue weighted by molar-refractivity contribution is 0.669. The average Bonchev–Trinajstić information content (AvgIpc) is 3.66.